The second-order valence-corrected chi connectivity index (χ2v) is 8.84. The van der Waals surface area contributed by atoms with Crippen molar-refractivity contribution in [2.24, 2.45) is 0 Å². The third-order valence-electron chi connectivity index (χ3n) is 5.40. The van der Waals surface area contributed by atoms with E-state index in [2.05, 4.69) is 0 Å². The van der Waals surface area contributed by atoms with E-state index in [0.717, 1.165) is 23.1 Å². The van der Waals surface area contributed by atoms with Crippen LogP contribution in [-0.4, -0.2) is 51.5 Å². The molecule has 9 heteroatoms. The zero-order chi connectivity index (χ0) is 23.4. The number of nitrogens with zero attached hydrogens (tertiary/aromatic N) is 2. The van der Waals surface area contributed by atoms with Gasteiger partial charge in [-0.25, -0.2) is 4.98 Å². The van der Waals surface area contributed by atoms with E-state index in [1.54, 1.807) is 50.5 Å². The highest BCUT2D eigenvalue weighted by molar-refractivity contribution is 7.23. The van der Waals surface area contributed by atoms with Gasteiger partial charge in [0.2, 0.25) is 0 Å². The van der Waals surface area contributed by atoms with Crippen molar-refractivity contribution in [1.82, 2.24) is 4.98 Å². The number of benzene rings is 2. The fraction of sp³-hybridized carbons (Fsp3) is 0.333. The molecule has 2 heterocycles. The average Bonchev–Trinajstić information content (AvgIpc) is 3.51. The normalized spacial score (nSPS) is 15.8. The summed E-state index contributed by atoms with van der Waals surface area (Å²) in [5.41, 5.74) is 1.45. The van der Waals surface area contributed by atoms with Crippen LogP contribution in [0, 0.1) is 0 Å². The number of hydrogen-bond acceptors (Lipinski definition) is 7. The number of carbonyl (C=O) groups excluding carboxylic acids is 1. The van der Waals surface area contributed by atoms with E-state index in [9.17, 15) is 4.79 Å². The Balaban J connectivity index is 1.66. The quantitative estimate of drug-likeness (QED) is 0.406. The average molecular weight is 489 g/mol. The van der Waals surface area contributed by atoms with E-state index in [-0.39, 0.29) is 12.0 Å². The molecule has 1 saturated heterocycles. The predicted molar refractivity (Wildman–Crippen MR) is 131 cm³/mol. The van der Waals surface area contributed by atoms with E-state index in [4.69, 9.17) is 35.5 Å². The lowest BCUT2D eigenvalue weighted by atomic mass is 10.2. The summed E-state index contributed by atoms with van der Waals surface area (Å²) in [6, 6.07) is 9.02. The Morgan fingerprint density at radius 3 is 2.64 bits per heavy atom. The summed E-state index contributed by atoms with van der Waals surface area (Å²) < 4.78 is 22.6. The molecule has 1 amide bonds. The Morgan fingerprint density at radius 1 is 1.18 bits per heavy atom. The zero-order valence-corrected chi connectivity index (χ0v) is 20.2. The molecule has 7 nitrogen and oxygen atoms in total. The maximum absolute atomic E-state index is 13.3. The highest BCUT2D eigenvalue weighted by Crippen LogP contribution is 2.39. The maximum Gasteiger partial charge on any atom is 0.252 e. The minimum atomic E-state index is -0.200. The van der Waals surface area contributed by atoms with Crippen molar-refractivity contribution in [3.05, 3.63) is 47.0 Å². The van der Waals surface area contributed by atoms with Crippen molar-refractivity contribution in [3.8, 4) is 17.2 Å². The predicted octanol–water partition coefficient (Wildman–Crippen LogP) is 5.20. The van der Waals surface area contributed by atoms with Crippen LogP contribution in [0.3, 0.4) is 0 Å². The van der Waals surface area contributed by atoms with Crippen molar-refractivity contribution in [2.75, 3.05) is 39.4 Å². The Bertz CT molecular complexity index is 1170. The number of aromatic nitrogens is 1. The Morgan fingerprint density at radius 2 is 1.94 bits per heavy atom. The largest absolute Gasteiger partial charge is 0.494 e. The monoisotopic (exact) mass is 488 g/mol. The molecule has 0 saturated carbocycles. The van der Waals surface area contributed by atoms with Gasteiger partial charge in [-0.05, 0) is 48.7 Å². The minimum Gasteiger partial charge on any atom is -0.494 e. The number of halogens is 1. The zero-order valence-electron chi connectivity index (χ0n) is 18.7. The molecule has 0 N–H and O–H groups in total. The highest BCUT2D eigenvalue weighted by Gasteiger charge is 2.26. The van der Waals surface area contributed by atoms with Gasteiger partial charge >= 0.3 is 0 Å². The van der Waals surface area contributed by atoms with Crippen molar-refractivity contribution in [2.45, 2.75) is 18.9 Å². The molecule has 174 valence electrons. The van der Waals surface area contributed by atoms with Crippen molar-refractivity contribution >= 4 is 50.3 Å². The van der Waals surface area contributed by atoms with Crippen molar-refractivity contribution in [3.63, 3.8) is 0 Å². The summed E-state index contributed by atoms with van der Waals surface area (Å²) >= 11 is 7.76. The minimum absolute atomic E-state index is 0.0344. The van der Waals surface area contributed by atoms with Gasteiger partial charge in [-0.3, -0.25) is 9.69 Å². The highest BCUT2D eigenvalue weighted by atomic mass is 35.5. The Labute approximate surface area is 201 Å². The first-order valence-corrected chi connectivity index (χ1v) is 11.7. The topological polar surface area (TPSA) is 70.1 Å². The summed E-state index contributed by atoms with van der Waals surface area (Å²) in [5, 5.41) is 1.12. The van der Waals surface area contributed by atoms with Crippen LogP contribution in [0.2, 0.25) is 5.02 Å². The number of carbonyl (C=O) groups is 1. The molecule has 1 aromatic heterocycles. The second-order valence-electron chi connectivity index (χ2n) is 7.46. The lowest BCUT2D eigenvalue weighted by Crippen LogP contribution is -2.36. The SMILES string of the molecule is COc1ccc(/C=C/C(=O)N(CC2CCCO2)c2nc3c(OC)ccc(Cl)c3s2)cc1OC. The number of rotatable bonds is 8. The summed E-state index contributed by atoms with van der Waals surface area (Å²) in [6.07, 6.45) is 5.12. The summed E-state index contributed by atoms with van der Waals surface area (Å²) in [5.74, 6) is 1.63. The Hall–Kier alpha value is -2.81. The number of ether oxygens (including phenoxy) is 4. The van der Waals surface area contributed by atoms with E-state index >= 15 is 0 Å². The fourth-order valence-corrected chi connectivity index (χ4v) is 4.96. The van der Waals surface area contributed by atoms with Gasteiger partial charge in [0, 0.05) is 12.7 Å². The lowest BCUT2D eigenvalue weighted by Gasteiger charge is -2.21. The van der Waals surface area contributed by atoms with Gasteiger partial charge in [-0.2, -0.15) is 0 Å². The molecule has 0 bridgehead atoms. The molecule has 0 spiro atoms. The number of anilines is 1. The van der Waals surface area contributed by atoms with Crippen LogP contribution in [0.15, 0.2) is 36.4 Å². The molecule has 0 radical (unpaired) electrons. The van der Waals surface area contributed by atoms with Gasteiger partial charge in [-0.15, -0.1) is 0 Å². The maximum atomic E-state index is 13.3. The molecule has 1 unspecified atom stereocenters. The van der Waals surface area contributed by atoms with Crippen LogP contribution in [0.4, 0.5) is 5.13 Å². The molecule has 1 aliphatic rings. The first-order valence-electron chi connectivity index (χ1n) is 10.5. The van der Waals surface area contributed by atoms with Gasteiger partial charge in [0.25, 0.3) is 5.91 Å². The van der Waals surface area contributed by atoms with Crippen LogP contribution in [-0.2, 0) is 9.53 Å². The van der Waals surface area contributed by atoms with Crippen LogP contribution >= 0.6 is 22.9 Å². The molecular formula is C24H25ClN2O5S. The summed E-state index contributed by atoms with van der Waals surface area (Å²) in [4.78, 5) is 19.7. The molecule has 1 aliphatic heterocycles. The molecule has 4 rings (SSSR count). The van der Waals surface area contributed by atoms with Crippen LogP contribution in [0.5, 0.6) is 17.2 Å². The number of methoxy groups -OCH3 is 3. The number of fused-ring (bicyclic) bond motifs is 1. The van der Waals surface area contributed by atoms with E-state index in [1.165, 1.54) is 17.4 Å². The Kier molecular flexibility index (Phi) is 7.37. The third-order valence-corrected chi connectivity index (χ3v) is 6.94. The van der Waals surface area contributed by atoms with Crippen LogP contribution < -0.4 is 19.1 Å². The van der Waals surface area contributed by atoms with Crippen molar-refractivity contribution < 1.29 is 23.7 Å². The molecular weight excluding hydrogens is 464 g/mol. The summed E-state index contributed by atoms with van der Waals surface area (Å²) in [7, 11) is 4.74. The van der Waals surface area contributed by atoms with Crippen LogP contribution in [0.25, 0.3) is 16.3 Å². The lowest BCUT2D eigenvalue weighted by molar-refractivity contribution is -0.114. The molecule has 33 heavy (non-hydrogen) atoms. The second kappa shape index (κ2) is 10.4. The van der Waals surface area contributed by atoms with E-state index in [1.807, 2.05) is 12.1 Å². The first kappa shape index (κ1) is 23.4. The van der Waals surface area contributed by atoms with Gasteiger partial charge in [0.05, 0.1) is 43.7 Å². The number of hydrogen-bond donors (Lipinski definition) is 0. The summed E-state index contributed by atoms with van der Waals surface area (Å²) in [6.45, 7) is 1.11. The standard InChI is InChI=1S/C24H25ClN2O5S/c1-29-18-9-6-15(13-20(18)31-3)7-11-21(28)27(14-16-5-4-12-32-16)24-26-22-19(30-2)10-8-17(25)23(22)33-24/h6-11,13,16H,4-5,12,14H2,1-3H3/b11-7+. The molecule has 1 fully saturated rings. The molecule has 3 aromatic rings. The number of amides is 1. The molecule has 0 aliphatic carbocycles. The van der Waals surface area contributed by atoms with E-state index < -0.39 is 0 Å². The smallest absolute Gasteiger partial charge is 0.252 e. The van der Waals surface area contributed by atoms with Gasteiger partial charge in [0.15, 0.2) is 16.6 Å². The van der Waals surface area contributed by atoms with Crippen LogP contribution in [0.1, 0.15) is 18.4 Å². The third kappa shape index (κ3) is 5.08. The van der Waals surface area contributed by atoms with Gasteiger partial charge < -0.3 is 18.9 Å². The van der Waals surface area contributed by atoms with Gasteiger partial charge in [0.1, 0.15) is 11.3 Å². The molecule has 2 aromatic carbocycles. The number of thiazole rings is 1. The first-order chi connectivity index (χ1) is 16.0. The van der Waals surface area contributed by atoms with Gasteiger partial charge in [-0.1, -0.05) is 29.0 Å². The molecule has 1 atom stereocenters. The van der Waals surface area contributed by atoms with Crippen molar-refractivity contribution in [1.29, 1.82) is 0 Å². The fourth-order valence-electron chi connectivity index (χ4n) is 3.69. The van der Waals surface area contributed by atoms with E-state index in [0.29, 0.717) is 46.1 Å².